The summed E-state index contributed by atoms with van der Waals surface area (Å²) < 4.78 is 5.05. The number of hydrogen-bond donors (Lipinski definition) is 0. The van der Waals surface area contributed by atoms with Crippen LogP contribution in [0.5, 0.6) is 0 Å². The van der Waals surface area contributed by atoms with E-state index in [1.54, 1.807) is 0 Å². The standard InChI is InChI=1S/C21H40BrNO2/c1-3-5-7-9-11-13-16-21(20(24)25-22)17-15-19-23(21)18-14-12-10-8-6-4-2/h3-19H2,1-2H3/t21-/m0/s1. The van der Waals surface area contributed by atoms with Gasteiger partial charge in [0.15, 0.2) is 16.3 Å². The molecule has 1 aliphatic rings. The molecule has 1 aliphatic heterocycles. The Morgan fingerprint density at radius 2 is 1.48 bits per heavy atom. The highest BCUT2D eigenvalue weighted by atomic mass is 79.9. The molecular formula is C21H40BrNO2. The summed E-state index contributed by atoms with van der Waals surface area (Å²) in [5.74, 6) is -0.0652. The van der Waals surface area contributed by atoms with Crippen molar-refractivity contribution in [1.29, 1.82) is 0 Å². The lowest BCUT2D eigenvalue weighted by molar-refractivity contribution is -0.145. The number of hydrogen-bond acceptors (Lipinski definition) is 3. The van der Waals surface area contributed by atoms with E-state index in [9.17, 15) is 4.79 Å². The van der Waals surface area contributed by atoms with Crippen LogP contribution in [0.3, 0.4) is 0 Å². The van der Waals surface area contributed by atoms with Crippen molar-refractivity contribution in [3.05, 3.63) is 0 Å². The molecule has 1 atom stereocenters. The van der Waals surface area contributed by atoms with Gasteiger partial charge in [0.2, 0.25) is 0 Å². The normalized spacial score (nSPS) is 20.9. The van der Waals surface area contributed by atoms with E-state index in [0.29, 0.717) is 0 Å². The van der Waals surface area contributed by atoms with Crippen LogP contribution < -0.4 is 0 Å². The molecule has 0 bridgehead atoms. The minimum atomic E-state index is -0.363. The van der Waals surface area contributed by atoms with Crippen molar-refractivity contribution in [3.63, 3.8) is 0 Å². The number of likely N-dealkylation sites (tertiary alicyclic amines) is 1. The van der Waals surface area contributed by atoms with Crippen LogP contribution in [-0.2, 0) is 8.62 Å². The van der Waals surface area contributed by atoms with Crippen LogP contribution >= 0.6 is 16.3 Å². The van der Waals surface area contributed by atoms with Crippen LogP contribution in [0.2, 0.25) is 0 Å². The van der Waals surface area contributed by atoms with E-state index in [-0.39, 0.29) is 11.5 Å². The average Bonchev–Trinajstić information content (AvgIpc) is 3.04. The zero-order chi connectivity index (χ0) is 18.4. The summed E-state index contributed by atoms with van der Waals surface area (Å²) in [7, 11) is 0. The van der Waals surface area contributed by atoms with Crippen molar-refractivity contribution in [3.8, 4) is 0 Å². The largest absolute Gasteiger partial charge is 0.382 e. The zero-order valence-electron chi connectivity index (χ0n) is 16.7. The van der Waals surface area contributed by atoms with Gasteiger partial charge in [-0.2, -0.15) is 0 Å². The first-order chi connectivity index (χ1) is 12.2. The molecule has 1 fully saturated rings. The van der Waals surface area contributed by atoms with E-state index >= 15 is 0 Å². The topological polar surface area (TPSA) is 29.5 Å². The molecule has 0 aromatic carbocycles. The number of nitrogens with zero attached hydrogens (tertiary/aromatic N) is 1. The van der Waals surface area contributed by atoms with Crippen LogP contribution in [0, 0.1) is 0 Å². The Balaban J connectivity index is 2.43. The van der Waals surface area contributed by atoms with Crippen molar-refractivity contribution < 1.29 is 8.62 Å². The molecule has 0 N–H and O–H groups in total. The van der Waals surface area contributed by atoms with E-state index in [0.717, 1.165) is 38.8 Å². The Morgan fingerprint density at radius 1 is 0.920 bits per heavy atom. The molecule has 4 heteroatoms. The van der Waals surface area contributed by atoms with Crippen LogP contribution in [0.4, 0.5) is 0 Å². The molecule has 148 valence electrons. The summed E-state index contributed by atoms with van der Waals surface area (Å²) in [6, 6.07) is 0. The third-order valence-electron chi connectivity index (χ3n) is 5.80. The first-order valence-electron chi connectivity index (χ1n) is 10.8. The summed E-state index contributed by atoms with van der Waals surface area (Å²) in [6.45, 7) is 6.60. The lowest BCUT2D eigenvalue weighted by Gasteiger charge is -2.35. The Bertz CT molecular complexity index is 351. The minimum Gasteiger partial charge on any atom is -0.382 e. The summed E-state index contributed by atoms with van der Waals surface area (Å²) in [6.07, 6.45) is 18.5. The molecule has 0 spiro atoms. The highest BCUT2D eigenvalue weighted by molar-refractivity contribution is 9.06. The fourth-order valence-electron chi connectivity index (χ4n) is 4.23. The van der Waals surface area contributed by atoms with Gasteiger partial charge in [-0.25, -0.2) is 4.79 Å². The molecule has 3 nitrogen and oxygen atoms in total. The van der Waals surface area contributed by atoms with Gasteiger partial charge in [-0.15, -0.1) is 0 Å². The third-order valence-corrected chi connectivity index (χ3v) is 6.09. The van der Waals surface area contributed by atoms with Gasteiger partial charge in [-0.3, -0.25) is 4.90 Å². The Hall–Kier alpha value is -0.0900. The Labute approximate surface area is 164 Å². The number of carbonyl (C=O) groups is 1. The lowest BCUT2D eigenvalue weighted by atomic mass is 9.89. The Kier molecular flexibility index (Phi) is 12.9. The summed E-state index contributed by atoms with van der Waals surface area (Å²) in [5.41, 5.74) is -0.363. The molecule has 0 aliphatic carbocycles. The van der Waals surface area contributed by atoms with Crippen LogP contribution in [-0.4, -0.2) is 29.5 Å². The number of halogens is 1. The van der Waals surface area contributed by atoms with Crippen molar-refractivity contribution in [2.24, 2.45) is 0 Å². The van der Waals surface area contributed by atoms with Crippen LogP contribution in [0.1, 0.15) is 110 Å². The van der Waals surface area contributed by atoms with E-state index in [1.165, 1.54) is 70.6 Å². The van der Waals surface area contributed by atoms with Gasteiger partial charge in [-0.1, -0.05) is 84.5 Å². The first-order valence-corrected chi connectivity index (χ1v) is 11.4. The SMILES string of the molecule is CCCCCCCCN1CCC[C@@]1(CCCCCCCC)C(=O)OBr. The van der Waals surface area contributed by atoms with Crippen LogP contribution in [0.15, 0.2) is 0 Å². The van der Waals surface area contributed by atoms with Gasteiger partial charge in [-0.05, 0) is 38.8 Å². The molecule has 0 saturated carbocycles. The predicted octanol–water partition coefficient (Wildman–Crippen LogP) is 6.79. The second-order valence-electron chi connectivity index (χ2n) is 7.77. The number of unbranched alkanes of at least 4 members (excludes halogenated alkanes) is 10. The lowest BCUT2D eigenvalue weighted by Crippen LogP contribution is -2.51. The van der Waals surface area contributed by atoms with E-state index in [1.807, 2.05) is 0 Å². The third kappa shape index (κ3) is 7.99. The van der Waals surface area contributed by atoms with Gasteiger partial charge in [0.25, 0.3) is 0 Å². The summed E-state index contributed by atoms with van der Waals surface area (Å²) in [5, 5.41) is 0. The van der Waals surface area contributed by atoms with E-state index in [2.05, 4.69) is 35.0 Å². The maximum absolute atomic E-state index is 12.6. The van der Waals surface area contributed by atoms with Gasteiger partial charge < -0.3 is 3.83 Å². The first kappa shape index (κ1) is 23.0. The van der Waals surface area contributed by atoms with Crippen molar-refractivity contribution in [2.75, 3.05) is 13.1 Å². The smallest absolute Gasteiger partial charge is 0.338 e. The van der Waals surface area contributed by atoms with Crippen molar-refractivity contribution in [2.45, 2.75) is 116 Å². The van der Waals surface area contributed by atoms with E-state index < -0.39 is 0 Å². The molecular weight excluding hydrogens is 378 g/mol. The fourth-order valence-corrected chi connectivity index (χ4v) is 4.53. The molecule has 0 aromatic heterocycles. The Morgan fingerprint density at radius 3 is 2.08 bits per heavy atom. The number of carbonyl (C=O) groups excluding carboxylic acids is 1. The molecule has 0 unspecified atom stereocenters. The maximum atomic E-state index is 12.6. The van der Waals surface area contributed by atoms with Gasteiger partial charge >= 0.3 is 5.97 Å². The molecule has 0 aromatic rings. The quantitative estimate of drug-likeness (QED) is 0.274. The van der Waals surface area contributed by atoms with Gasteiger partial charge in [0, 0.05) is 0 Å². The van der Waals surface area contributed by atoms with Gasteiger partial charge in [0.05, 0.1) is 0 Å². The maximum Gasteiger partial charge on any atom is 0.338 e. The van der Waals surface area contributed by atoms with E-state index in [4.69, 9.17) is 3.83 Å². The molecule has 1 saturated heterocycles. The van der Waals surface area contributed by atoms with Crippen LogP contribution in [0.25, 0.3) is 0 Å². The molecule has 1 rings (SSSR count). The monoisotopic (exact) mass is 417 g/mol. The molecule has 0 radical (unpaired) electrons. The number of rotatable bonds is 15. The van der Waals surface area contributed by atoms with Crippen molar-refractivity contribution in [1.82, 2.24) is 4.90 Å². The summed E-state index contributed by atoms with van der Waals surface area (Å²) >= 11 is 2.96. The minimum absolute atomic E-state index is 0.0652. The molecule has 1 heterocycles. The highest BCUT2D eigenvalue weighted by Crippen LogP contribution is 2.36. The zero-order valence-corrected chi connectivity index (χ0v) is 18.2. The summed E-state index contributed by atoms with van der Waals surface area (Å²) in [4.78, 5) is 15.0. The molecule has 25 heavy (non-hydrogen) atoms. The van der Waals surface area contributed by atoms with Crippen molar-refractivity contribution >= 4 is 22.2 Å². The average molecular weight is 418 g/mol. The fraction of sp³-hybridized carbons (Fsp3) is 0.952. The molecule has 0 amide bonds. The second kappa shape index (κ2) is 14.0. The predicted molar refractivity (Wildman–Crippen MR) is 110 cm³/mol. The van der Waals surface area contributed by atoms with Gasteiger partial charge in [0.1, 0.15) is 5.54 Å². The second-order valence-corrected chi connectivity index (χ2v) is 8.10. The highest BCUT2D eigenvalue weighted by Gasteiger charge is 2.47.